The first-order chi connectivity index (χ1) is 24.6. The molecule has 0 N–H and O–H groups in total. The second-order valence-corrected chi connectivity index (χ2v) is 20.3. The molecule has 0 nitrogen and oxygen atoms in total. The topological polar surface area (TPSA) is 0 Å². The summed E-state index contributed by atoms with van der Waals surface area (Å²) in [7, 11) is 12.5. The number of aryl methyl sites for hydroxylation is 2. The van der Waals surface area contributed by atoms with Crippen LogP contribution in [0.2, 0.25) is 0 Å². The van der Waals surface area contributed by atoms with Crippen LogP contribution in [0.4, 0.5) is 0 Å². The van der Waals surface area contributed by atoms with E-state index in [0.717, 1.165) is 27.2 Å². The van der Waals surface area contributed by atoms with Crippen LogP contribution in [0.15, 0.2) is 182 Å². The fraction of sp³-hybridized carbons (Fsp3) is 0.0851. The van der Waals surface area contributed by atoms with Crippen molar-refractivity contribution in [3.8, 4) is 22.3 Å². The zero-order chi connectivity index (χ0) is 34.7. The maximum atomic E-state index is 6.24. The molecule has 0 unspecified atom stereocenters. The van der Waals surface area contributed by atoms with Gasteiger partial charge in [-0.15, -0.1) is 69.1 Å². The first-order valence-corrected chi connectivity index (χ1v) is 24.7. The Hall–Kier alpha value is -4.13. The second kappa shape index (κ2) is 17.7. The van der Waals surface area contributed by atoms with Gasteiger partial charge in [-0.3, -0.25) is 0 Å². The molecule has 0 aliphatic heterocycles. The zero-order valence-electron chi connectivity index (χ0n) is 28.5. The van der Waals surface area contributed by atoms with E-state index >= 15 is 0 Å². The van der Waals surface area contributed by atoms with Gasteiger partial charge < -0.3 is 0 Å². The summed E-state index contributed by atoms with van der Waals surface area (Å²) < 4.78 is 1.15. The van der Waals surface area contributed by atoms with E-state index < -0.39 is 18.9 Å². The van der Waals surface area contributed by atoms with Gasteiger partial charge in [-0.2, -0.15) is 12.1 Å². The predicted octanol–water partition coefficient (Wildman–Crippen LogP) is 13.8. The van der Waals surface area contributed by atoms with Gasteiger partial charge in [-0.05, 0) is 24.0 Å². The maximum absolute atomic E-state index is 6.24. The molecule has 0 heterocycles. The van der Waals surface area contributed by atoms with Crippen molar-refractivity contribution in [2.45, 2.75) is 26.7 Å². The van der Waals surface area contributed by atoms with E-state index in [1.165, 1.54) is 54.9 Å². The molecule has 0 bridgehead atoms. The quantitative estimate of drug-likeness (QED) is 0.148. The number of benzene rings is 6. The first-order valence-electron chi connectivity index (χ1n) is 17.2. The normalized spacial score (nSPS) is 10.6. The third-order valence-corrected chi connectivity index (χ3v) is 13.5. The standard InChI is InChI=1S/2C17H15.C13H10.2ClH.Zr/c2*1-2-13-11-15-9-6-10-16(17(15)12-13)14-7-4-3-5-8-14;1-3-7-12(8-4-1)11-13-9-5-2-6-10-13;;;/h2*3-12H,2H2,1H3;1-10H;2*1H;/q2*-1;;;;+2/p-2. The monoisotopic (exact) mass is 764 g/mol. The van der Waals surface area contributed by atoms with Crippen molar-refractivity contribution in [2.75, 3.05) is 0 Å². The molecule has 0 saturated carbocycles. The fourth-order valence-electron chi connectivity index (χ4n) is 6.34. The Balaban J connectivity index is 0.000000130. The number of fused-ring (bicyclic) bond motifs is 2. The van der Waals surface area contributed by atoms with Crippen molar-refractivity contribution in [3.63, 3.8) is 0 Å². The van der Waals surface area contributed by atoms with Crippen LogP contribution >= 0.6 is 17.0 Å². The number of hydrogen-bond donors (Lipinski definition) is 0. The summed E-state index contributed by atoms with van der Waals surface area (Å²) in [5, 5.41) is 5.44. The molecule has 0 fully saturated rings. The zero-order valence-corrected chi connectivity index (χ0v) is 32.5. The molecule has 0 saturated heterocycles. The van der Waals surface area contributed by atoms with Gasteiger partial charge in [-0.1, -0.05) is 97.8 Å². The molecule has 8 aromatic rings. The van der Waals surface area contributed by atoms with Gasteiger partial charge in [-0.25, -0.2) is 0 Å². The van der Waals surface area contributed by atoms with Crippen LogP contribution in [0.25, 0.3) is 43.8 Å². The van der Waals surface area contributed by atoms with Gasteiger partial charge in [0, 0.05) is 0 Å². The molecule has 50 heavy (non-hydrogen) atoms. The molecule has 8 rings (SSSR count). The van der Waals surface area contributed by atoms with Crippen LogP contribution in [0.3, 0.4) is 0 Å². The van der Waals surface area contributed by atoms with E-state index in [-0.39, 0.29) is 0 Å². The fourth-order valence-corrected chi connectivity index (χ4v) is 10.8. The van der Waals surface area contributed by atoms with E-state index in [0.29, 0.717) is 0 Å². The third kappa shape index (κ3) is 8.77. The van der Waals surface area contributed by atoms with E-state index in [1.807, 2.05) is 36.4 Å². The van der Waals surface area contributed by atoms with Crippen LogP contribution in [0, 0.1) is 0 Å². The SMILES string of the molecule is CCc1cc2c(-c3ccccc3)cccc2[cH-]1.CCc1cc2c(-c3ccccc3)cccc2[cH-]1.[Cl][Zr]([Cl])=[C](c1ccccc1)c1ccccc1. The third-order valence-electron chi connectivity index (χ3n) is 8.92. The van der Waals surface area contributed by atoms with Crippen molar-refractivity contribution in [2.24, 2.45) is 0 Å². The Labute approximate surface area is 311 Å². The average molecular weight is 767 g/mol. The molecule has 0 aliphatic rings. The van der Waals surface area contributed by atoms with Gasteiger partial charge in [0.1, 0.15) is 0 Å². The molecule has 248 valence electrons. The molecular weight excluding hydrogens is 727 g/mol. The van der Waals surface area contributed by atoms with Gasteiger partial charge in [0.2, 0.25) is 0 Å². The molecule has 0 aromatic heterocycles. The Morgan fingerprint density at radius 1 is 0.460 bits per heavy atom. The Morgan fingerprint density at radius 2 is 0.820 bits per heavy atom. The molecule has 0 spiro atoms. The van der Waals surface area contributed by atoms with Crippen LogP contribution < -0.4 is 0 Å². The summed E-state index contributed by atoms with van der Waals surface area (Å²) in [6, 6.07) is 63.8. The molecule has 3 heteroatoms. The van der Waals surface area contributed by atoms with Crippen molar-refractivity contribution in [1.82, 2.24) is 0 Å². The van der Waals surface area contributed by atoms with Crippen LogP contribution in [-0.2, 0) is 31.7 Å². The van der Waals surface area contributed by atoms with Gasteiger partial charge in [0.15, 0.2) is 0 Å². The minimum absolute atomic E-state index is 1.10. The van der Waals surface area contributed by atoms with Crippen molar-refractivity contribution >= 4 is 41.8 Å². The van der Waals surface area contributed by atoms with E-state index in [9.17, 15) is 0 Å². The van der Waals surface area contributed by atoms with Crippen LogP contribution in [0.1, 0.15) is 36.1 Å². The molecule has 0 amide bonds. The molecule has 0 radical (unpaired) electrons. The van der Waals surface area contributed by atoms with Crippen molar-refractivity contribution < 1.29 is 18.9 Å². The van der Waals surface area contributed by atoms with E-state index in [2.05, 4.69) is 159 Å². The number of halogens is 2. The molecular formula is C47H40Cl2Zr-2. The van der Waals surface area contributed by atoms with Crippen LogP contribution in [0.5, 0.6) is 0 Å². The summed E-state index contributed by atoms with van der Waals surface area (Å²) in [6.07, 6.45) is 2.20. The summed E-state index contributed by atoms with van der Waals surface area (Å²) in [4.78, 5) is 0. The summed E-state index contributed by atoms with van der Waals surface area (Å²) in [5.41, 5.74) is 10.4. The van der Waals surface area contributed by atoms with Gasteiger partial charge in [0.05, 0.1) is 0 Å². The number of rotatable bonds is 6. The Morgan fingerprint density at radius 3 is 1.16 bits per heavy atom. The molecule has 0 atom stereocenters. The summed E-state index contributed by atoms with van der Waals surface area (Å²) in [5.74, 6) is 0. The summed E-state index contributed by atoms with van der Waals surface area (Å²) >= 11 is -2.44. The van der Waals surface area contributed by atoms with Crippen molar-refractivity contribution in [1.29, 1.82) is 0 Å². The van der Waals surface area contributed by atoms with E-state index in [4.69, 9.17) is 17.0 Å². The van der Waals surface area contributed by atoms with E-state index in [1.54, 1.807) is 0 Å². The predicted molar refractivity (Wildman–Crippen MR) is 217 cm³/mol. The Kier molecular flexibility index (Phi) is 12.6. The average Bonchev–Trinajstić information content (AvgIpc) is 3.81. The van der Waals surface area contributed by atoms with Gasteiger partial charge in [0.25, 0.3) is 0 Å². The minimum atomic E-state index is -2.44. The van der Waals surface area contributed by atoms with Crippen LogP contribution in [-0.4, -0.2) is 3.21 Å². The number of hydrogen-bond acceptors (Lipinski definition) is 0. The van der Waals surface area contributed by atoms with Gasteiger partial charge >= 0.3 is 111 Å². The summed E-state index contributed by atoms with van der Waals surface area (Å²) in [6.45, 7) is 4.41. The molecule has 8 aromatic carbocycles. The first kappa shape index (κ1) is 35.7. The molecule has 0 aliphatic carbocycles. The van der Waals surface area contributed by atoms with Crippen molar-refractivity contribution in [3.05, 3.63) is 204 Å². The Bertz CT molecular complexity index is 2120. The second-order valence-electron chi connectivity index (χ2n) is 12.2.